The van der Waals surface area contributed by atoms with Gasteiger partial charge in [-0.05, 0) is 18.6 Å². The third-order valence-electron chi connectivity index (χ3n) is 2.44. The molecule has 1 rings (SSSR count). The molecule has 0 aromatic heterocycles. The van der Waals surface area contributed by atoms with Crippen molar-refractivity contribution in [3.63, 3.8) is 0 Å². The van der Waals surface area contributed by atoms with E-state index < -0.39 is 32.4 Å². The first kappa shape index (κ1) is 16.3. The minimum absolute atomic E-state index is 0.176. The zero-order valence-electron chi connectivity index (χ0n) is 10.4. The van der Waals surface area contributed by atoms with Crippen molar-refractivity contribution in [2.24, 2.45) is 5.73 Å². The minimum Gasteiger partial charge on any atom is -0.324 e. The number of hydrogen-bond acceptors (Lipinski definition) is 4. The van der Waals surface area contributed by atoms with Crippen molar-refractivity contribution in [3.8, 4) is 0 Å². The van der Waals surface area contributed by atoms with E-state index in [1.807, 2.05) is 0 Å². The molecule has 20 heavy (non-hydrogen) atoms. The number of carbonyl (C=O) groups is 1. The molecule has 3 N–H and O–H groups in total. The van der Waals surface area contributed by atoms with Crippen LogP contribution < -0.4 is 11.1 Å². The van der Waals surface area contributed by atoms with Crippen LogP contribution in [0.2, 0.25) is 0 Å². The number of alkyl halides is 2. The number of nitrogens with one attached hydrogen (secondary N) is 1. The van der Waals surface area contributed by atoms with Crippen molar-refractivity contribution in [3.05, 3.63) is 36.9 Å². The third kappa shape index (κ3) is 3.61. The second-order valence-corrected chi connectivity index (χ2v) is 5.81. The summed E-state index contributed by atoms with van der Waals surface area (Å²) in [4.78, 5) is 11.0. The van der Waals surface area contributed by atoms with E-state index in [1.54, 1.807) is 0 Å². The van der Waals surface area contributed by atoms with E-state index in [0.717, 1.165) is 6.07 Å². The van der Waals surface area contributed by atoms with Crippen molar-refractivity contribution in [2.75, 3.05) is 5.32 Å². The maximum absolute atomic E-state index is 12.6. The van der Waals surface area contributed by atoms with Gasteiger partial charge in [0.15, 0.2) is 0 Å². The summed E-state index contributed by atoms with van der Waals surface area (Å²) in [6.45, 7) is 3.42. The average molecular weight is 304 g/mol. The number of sulfone groups is 1. The van der Waals surface area contributed by atoms with Gasteiger partial charge in [-0.3, -0.25) is 4.79 Å². The molecule has 0 spiro atoms. The standard InChI is InChI=1S/C12H14F2N2O3S/c1-2-5-8(15)11(17)16-9-6-3-4-7-10(9)20(18,19)12(13)14/h2-4,6-8,12H,1,5,15H2,(H,16,17). The Hall–Kier alpha value is -1.80. The maximum Gasteiger partial charge on any atom is 0.341 e. The van der Waals surface area contributed by atoms with Gasteiger partial charge in [0.1, 0.15) is 0 Å². The predicted molar refractivity (Wildman–Crippen MR) is 71.1 cm³/mol. The fourth-order valence-electron chi connectivity index (χ4n) is 1.43. The van der Waals surface area contributed by atoms with Crippen LogP contribution in [0.1, 0.15) is 6.42 Å². The van der Waals surface area contributed by atoms with Gasteiger partial charge >= 0.3 is 5.76 Å². The van der Waals surface area contributed by atoms with Crippen molar-refractivity contribution in [1.82, 2.24) is 0 Å². The normalized spacial score (nSPS) is 13.0. The fourth-order valence-corrected chi connectivity index (χ4v) is 2.31. The van der Waals surface area contributed by atoms with Crippen molar-refractivity contribution in [2.45, 2.75) is 23.1 Å². The Balaban J connectivity index is 3.10. The van der Waals surface area contributed by atoms with E-state index in [-0.39, 0.29) is 12.1 Å². The molecule has 0 heterocycles. The van der Waals surface area contributed by atoms with Gasteiger partial charge in [-0.15, -0.1) is 6.58 Å². The van der Waals surface area contributed by atoms with Gasteiger partial charge in [-0.2, -0.15) is 8.78 Å². The van der Waals surface area contributed by atoms with Gasteiger partial charge in [-0.25, -0.2) is 8.42 Å². The molecule has 0 bridgehead atoms. The van der Waals surface area contributed by atoms with E-state index in [1.165, 1.54) is 24.3 Å². The van der Waals surface area contributed by atoms with Crippen LogP contribution in [0.3, 0.4) is 0 Å². The first-order chi connectivity index (χ1) is 9.30. The number of nitrogens with two attached hydrogens (primary N) is 1. The predicted octanol–water partition coefficient (Wildman–Crippen LogP) is 1.52. The molecule has 0 saturated heterocycles. The van der Waals surface area contributed by atoms with Crippen LogP contribution in [0.25, 0.3) is 0 Å². The molecule has 0 saturated carbocycles. The Morgan fingerprint density at radius 1 is 1.40 bits per heavy atom. The van der Waals surface area contributed by atoms with Crippen LogP contribution in [0.15, 0.2) is 41.8 Å². The largest absolute Gasteiger partial charge is 0.341 e. The molecule has 0 aliphatic rings. The fraction of sp³-hybridized carbons (Fsp3) is 0.250. The maximum atomic E-state index is 12.6. The molecule has 1 aromatic rings. The van der Waals surface area contributed by atoms with Gasteiger partial charge < -0.3 is 11.1 Å². The van der Waals surface area contributed by atoms with Crippen molar-refractivity contribution in [1.29, 1.82) is 0 Å². The number of amides is 1. The summed E-state index contributed by atoms with van der Waals surface area (Å²) in [5.74, 6) is -4.25. The SMILES string of the molecule is C=CCC(N)C(=O)Nc1ccccc1S(=O)(=O)C(F)F. The van der Waals surface area contributed by atoms with E-state index in [4.69, 9.17) is 5.73 Å². The van der Waals surface area contributed by atoms with Gasteiger partial charge in [-0.1, -0.05) is 18.2 Å². The molecule has 1 aromatic carbocycles. The summed E-state index contributed by atoms with van der Waals surface area (Å²) in [5, 5.41) is 2.23. The van der Waals surface area contributed by atoms with Gasteiger partial charge in [0.2, 0.25) is 15.7 Å². The number of rotatable bonds is 6. The molecule has 0 aliphatic heterocycles. The molecule has 5 nitrogen and oxygen atoms in total. The second-order valence-electron chi connectivity index (χ2n) is 3.92. The molecule has 110 valence electrons. The van der Waals surface area contributed by atoms with Crippen LogP contribution in [0.5, 0.6) is 0 Å². The smallest absolute Gasteiger partial charge is 0.324 e. The second kappa shape index (κ2) is 6.58. The first-order valence-corrected chi connectivity index (χ1v) is 7.13. The number of hydrogen-bond donors (Lipinski definition) is 2. The Bertz CT molecular complexity index is 602. The summed E-state index contributed by atoms with van der Waals surface area (Å²) in [6, 6.07) is 3.98. The monoisotopic (exact) mass is 304 g/mol. The lowest BCUT2D eigenvalue weighted by molar-refractivity contribution is -0.117. The summed E-state index contributed by atoms with van der Waals surface area (Å²) in [7, 11) is -4.80. The zero-order valence-corrected chi connectivity index (χ0v) is 11.2. The summed E-state index contributed by atoms with van der Waals surface area (Å²) < 4.78 is 48.1. The molecule has 0 radical (unpaired) electrons. The highest BCUT2D eigenvalue weighted by Gasteiger charge is 2.29. The quantitative estimate of drug-likeness (QED) is 0.780. The Labute approximate surface area is 115 Å². The molecule has 0 fully saturated rings. The Morgan fingerprint density at radius 2 is 2.00 bits per heavy atom. The highest BCUT2D eigenvalue weighted by atomic mass is 32.2. The van der Waals surface area contributed by atoms with Crippen molar-refractivity contribution >= 4 is 21.4 Å². The first-order valence-electron chi connectivity index (χ1n) is 5.59. The van der Waals surface area contributed by atoms with Crippen molar-refractivity contribution < 1.29 is 22.0 Å². The summed E-state index contributed by atoms with van der Waals surface area (Å²) >= 11 is 0. The molecule has 0 aliphatic carbocycles. The molecule has 8 heteroatoms. The van der Waals surface area contributed by atoms with E-state index in [0.29, 0.717) is 0 Å². The number of carbonyl (C=O) groups excluding carboxylic acids is 1. The highest BCUT2D eigenvalue weighted by Crippen LogP contribution is 2.26. The lowest BCUT2D eigenvalue weighted by atomic mass is 10.2. The number of halogens is 2. The lowest BCUT2D eigenvalue weighted by Gasteiger charge is -2.13. The number of anilines is 1. The van der Waals surface area contributed by atoms with E-state index >= 15 is 0 Å². The van der Waals surface area contributed by atoms with Crippen LogP contribution in [0.4, 0.5) is 14.5 Å². The molecule has 1 amide bonds. The molecular formula is C12H14F2N2O3S. The molecular weight excluding hydrogens is 290 g/mol. The third-order valence-corrected chi connectivity index (χ3v) is 3.88. The van der Waals surface area contributed by atoms with Crippen LogP contribution >= 0.6 is 0 Å². The number of benzene rings is 1. The van der Waals surface area contributed by atoms with E-state index in [2.05, 4.69) is 11.9 Å². The summed E-state index contributed by atoms with van der Waals surface area (Å²) in [5.41, 5.74) is 5.29. The van der Waals surface area contributed by atoms with Gasteiger partial charge in [0.25, 0.3) is 0 Å². The van der Waals surface area contributed by atoms with Gasteiger partial charge in [0, 0.05) is 0 Å². The molecule has 1 atom stereocenters. The minimum atomic E-state index is -4.80. The van der Waals surface area contributed by atoms with Gasteiger partial charge in [0.05, 0.1) is 16.6 Å². The van der Waals surface area contributed by atoms with Crippen LogP contribution in [-0.2, 0) is 14.6 Å². The number of para-hydroxylation sites is 1. The topological polar surface area (TPSA) is 89.3 Å². The summed E-state index contributed by atoms with van der Waals surface area (Å²) in [6.07, 6.45) is 1.60. The zero-order chi connectivity index (χ0) is 15.3. The van der Waals surface area contributed by atoms with E-state index in [9.17, 15) is 22.0 Å². The molecule has 1 unspecified atom stereocenters. The average Bonchev–Trinajstić information content (AvgIpc) is 2.39. The van der Waals surface area contributed by atoms with Crippen LogP contribution in [-0.4, -0.2) is 26.1 Å². The lowest BCUT2D eigenvalue weighted by Crippen LogP contribution is -2.35. The Kier molecular flexibility index (Phi) is 5.34. The van der Waals surface area contributed by atoms with Crippen LogP contribution in [0, 0.1) is 0 Å². The Morgan fingerprint density at radius 3 is 2.55 bits per heavy atom. The highest BCUT2D eigenvalue weighted by molar-refractivity contribution is 7.91.